The summed E-state index contributed by atoms with van der Waals surface area (Å²) >= 11 is 6.35. The summed E-state index contributed by atoms with van der Waals surface area (Å²) in [5.41, 5.74) is 4.30. The van der Waals surface area contributed by atoms with Gasteiger partial charge in [-0.2, -0.15) is 10.1 Å². The summed E-state index contributed by atoms with van der Waals surface area (Å²) in [4.78, 5) is 4.31. The summed E-state index contributed by atoms with van der Waals surface area (Å²) < 4.78 is 1.88. The fourth-order valence-electron chi connectivity index (χ4n) is 2.77. The van der Waals surface area contributed by atoms with Gasteiger partial charge in [-0.05, 0) is 24.6 Å². The van der Waals surface area contributed by atoms with E-state index in [-0.39, 0.29) is 6.04 Å². The van der Waals surface area contributed by atoms with Gasteiger partial charge in [0.1, 0.15) is 12.4 Å². The zero-order chi connectivity index (χ0) is 15.8. The van der Waals surface area contributed by atoms with Crippen LogP contribution in [-0.4, -0.2) is 14.8 Å². The number of benzene rings is 2. The van der Waals surface area contributed by atoms with Crippen molar-refractivity contribution in [1.29, 1.82) is 0 Å². The highest BCUT2D eigenvalue weighted by Gasteiger charge is 2.23. The molecule has 1 unspecified atom stereocenters. The molecule has 0 amide bonds. The monoisotopic (exact) mass is 322 g/mol. The third-order valence-corrected chi connectivity index (χ3v) is 4.32. The first-order valence-corrected chi connectivity index (χ1v) is 7.80. The van der Waals surface area contributed by atoms with Crippen LogP contribution in [0.2, 0.25) is 5.02 Å². The number of fused-ring (bicyclic) bond motifs is 1. The Hall–Kier alpha value is -2.59. The van der Waals surface area contributed by atoms with Gasteiger partial charge in [0.2, 0.25) is 5.95 Å². The Bertz CT molecular complexity index is 880. The molecule has 1 N–H and O–H groups in total. The van der Waals surface area contributed by atoms with Gasteiger partial charge in [-0.25, -0.2) is 4.68 Å². The molecule has 1 atom stereocenters. The Morgan fingerprint density at radius 1 is 1.09 bits per heavy atom. The van der Waals surface area contributed by atoms with Gasteiger partial charge in [-0.1, -0.05) is 59.6 Å². The van der Waals surface area contributed by atoms with Crippen molar-refractivity contribution < 1.29 is 0 Å². The standard InChI is InChI=1S/C18H15ClN4/c1-12-6-8-13(9-7-12)17-10-16(14-4-2-3-5-15(14)19)22-18-20-11-21-23(17)18/h2-11,17H,1H3,(H,20,21,22). The molecule has 0 saturated heterocycles. The normalized spacial score (nSPS) is 16.4. The van der Waals surface area contributed by atoms with E-state index in [1.54, 1.807) is 6.33 Å². The molecule has 2 heterocycles. The molecule has 4 nitrogen and oxygen atoms in total. The SMILES string of the molecule is Cc1ccc(C2C=C(c3ccccc3Cl)Nc3ncnn32)cc1. The topological polar surface area (TPSA) is 42.7 Å². The molecule has 5 heteroatoms. The predicted octanol–water partition coefficient (Wildman–Crippen LogP) is 4.30. The first-order chi connectivity index (χ1) is 11.2. The van der Waals surface area contributed by atoms with E-state index in [9.17, 15) is 0 Å². The van der Waals surface area contributed by atoms with Crippen molar-refractivity contribution in [2.24, 2.45) is 0 Å². The minimum Gasteiger partial charge on any atom is -0.324 e. The number of rotatable bonds is 2. The van der Waals surface area contributed by atoms with E-state index >= 15 is 0 Å². The molecule has 1 aromatic heterocycles. The summed E-state index contributed by atoms with van der Waals surface area (Å²) in [6, 6.07) is 16.2. The molecule has 0 bridgehead atoms. The first kappa shape index (κ1) is 14.0. The van der Waals surface area contributed by atoms with Gasteiger partial charge in [-0.3, -0.25) is 0 Å². The van der Waals surface area contributed by atoms with Gasteiger partial charge in [0, 0.05) is 16.3 Å². The van der Waals surface area contributed by atoms with Crippen molar-refractivity contribution in [3.63, 3.8) is 0 Å². The molecule has 3 aromatic rings. The quantitative estimate of drug-likeness (QED) is 0.765. The third-order valence-electron chi connectivity index (χ3n) is 3.99. The Labute approximate surface area is 139 Å². The van der Waals surface area contributed by atoms with Gasteiger partial charge < -0.3 is 5.32 Å². The fraction of sp³-hybridized carbons (Fsp3) is 0.111. The maximum Gasteiger partial charge on any atom is 0.226 e. The molecule has 2 aromatic carbocycles. The molecular formula is C18H15ClN4. The highest BCUT2D eigenvalue weighted by atomic mass is 35.5. The predicted molar refractivity (Wildman–Crippen MR) is 92.4 cm³/mol. The van der Waals surface area contributed by atoms with Crippen molar-refractivity contribution in [2.75, 3.05) is 5.32 Å². The maximum absolute atomic E-state index is 6.35. The molecule has 1 aliphatic rings. The summed E-state index contributed by atoms with van der Waals surface area (Å²) in [7, 11) is 0. The Balaban J connectivity index is 1.83. The van der Waals surface area contributed by atoms with E-state index in [4.69, 9.17) is 11.6 Å². The fourth-order valence-corrected chi connectivity index (χ4v) is 3.01. The molecule has 0 saturated carbocycles. The van der Waals surface area contributed by atoms with E-state index in [0.29, 0.717) is 11.0 Å². The van der Waals surface area contributed by atoms with Crippen LogP contribution in [0.3, 0.4) is 0 Å². The lowest BCUT2D eigenvalue weighted by atomic mass is 10.0. The smallest absolute Gasteiger partial charge is 0.226 e. The second-order valence-corrected chi connectivity index (χ2v) is 5.98. The second-order valence-electron chi connectivity index (χ2n) is 5.57. The van der Waals surface area contributed by atoms with Crippen molar-refractivity contribution >= 4 is 23.2 Å². The summed E-state index contributed by atoms with van der Waals surface area (Å²) in [6.07, 6.45) is 3.69. The molecule has 1 aliphatic heterocycles. The van der Waals surface area contributed by atoms with Crippen LogP contribution in [0.1, 0.15) is 22.7 Å². The number of nitrogens with one attached hydrogen (secondary N) is 1. The molecule has 0 aliphatic carbocycles. The van der Waals surface area contributed by atoms with E-state index in [0.717, 1.165) is 16.8 Å². The van der Waals surface area contributed by atoms with Crippen LogP contribution in [0.5, 0.6) is 0 Å². The Morgan fingerprint density at radius 3 is 2.65 bits per heavy atom. The molecule has 0 radical (unpaired) electrons. The average molecular weight is 323 g/mol. The zero-order valence-electron chi connectivity index (χ0n) is 12.6. The van der Waals surface area contributed by atoms with Gasteiger partial charge in [0.25, 0.3) is 0 Å². The van der Waals surface area contributed by atoms with Crippen LogP contribution in [0.25, 0.3) is 5.70 Å². The van der Waals surface area contributed by atoms with Crippen LogP contribution in [-0.2, 0) is 0 Å². The minimum absolute atomic E-state index is 0.0133. The van der Waals surface area contributed by atoms with Gasteiger partial charge in [-0.15, -0.1) is 0 Å². The zero-order valence-corrected chi connectivity index (χ0v) is 13.3. The van der Waals surface area contributed by atoms with Gasteiger partial charge in [0.05, 0.1) is 0 Å². The number of aryl methyl sites for hydroxylation is 1. The third kappa shape index (κ3) is 2.51. The number of anilines is 1. The lowest BCUT2D eigenvalue weighted by molar-refractivity contribution is 0.612. The lowest BCUT2D eigenvalue weighted by Crippen LogP contribution is -2.20. The van der Waals surface area contributed by atoms with Crippen molar-refractivity contribution in [2.45, 2.75) is 13.0 Å². The number of nitrogens with zero attached hydrogens (tertiary/aromatic N) is 3. The van der Waals surface area contributed by atoms with Gasteiger partial charge >= 0.3 is 0 Å². The van der Waals surface area contributed by atoms with Crippen molar-refractivity contribution in [3.05, 3.63) is 82.6 Å². The van der Waals surface area contributed by atoms with E-state index < -0.39 is 0 Å². The molecule has 0 fully saturated rings. The van der Waals surface area contributed by atoms with Crippen LogP contribution in [0.15, 0.2) is 60.9 Å². The molecule has 4 rings (SSSR count). The van der Waals surface area contributed by atoms with Gasteiger partial charge in [0.15, 0.2) is 0 Å². The van der Waals surface area contributed by atoms with Crippen molar-refractivity contribution in [3.8, 4) is 0 Å². The number of halogens is 1. The number of allylic oxidation sites excluding steroid dienone is 1. The summed E-state index contributed by atoms with van der Waals surface area (Å²) in [5, 5.41) is 8.37. The number of hydrogen-bond acceptors (Lipinski definition) is 3. The summed E-state index contributed by atoms with van der Waals surface area (Å²) in [5.74, 6) is 0.716. The largest absolute Gasteiger partial charge is 0.324 e. The Kier molecular flexibility index (Phi) is 3.39. The molecule has 0 spiro atoms. The second kappa shape index (κ2) is 5.56. The number of aromatic nitrogens is 3. The van der Waals surface area contributed by atoms with E-state index in [1.807, 2.05) is 28.9 Å². The number of hydrogen-bond donors (Lipinski definition) is 1. The van der Waals surface area contributed by atoms with Crippen LogP contribution >= 0.6 is 11.6 Å². The van der Waals surface area contributed by atoms with E-state index in [1.165, 1.54) is 5.56 Å². The van der Waals surface area contributed by atoms with Crippen molar-refractivity contribution in [1.82, 2.24) is 14.8 Å². The molecular weight excluding hydrogens is 308 g/mol. The Morgan fingerprint density at radius 2 is 1.87 bits per heavy atom. The average Bonchev–Trinajstić information content (AvgIpc) is 3.04. The first-order valence-electron chi connectivity index (χ1n) is 7.42. The van der Waals surface area contributed by atoms with Crippen LogP contribution in [0.4, 0.5) is 5.95 Å². The minimum atomic E-state index is -0.0133. The highest BCUT2D eigenvalue weighted by Crippen LogP contribution is 2.34. The molecule has 23 heavy (non-hydrogen) atoms. The molecule has 114 valence electrons. The summed E-state index contributed by atoms with van der Waals surface area (Å²) in [6.45, 7) is 2.08. The van der Waals surface area contributed by atoms with Crippen LogP contribution < -0.4 is 5.32 Å². The lowest BCUT2D eigenvalue weighted by Gasteiger charge is -2.24. The van der Waals surface area contributed by atoms with Crippen LogP contribution in [0, 0.1) is 6.92 Å². The highest BCUT2D eigenvalue weighted by molar-refractivity contribution is 6.32. The van der Waals surface area contributed by atoms with E-state index in [2.05, 4.69) is 52.7 Å². The maximum atomic E-state index is 6.35.